The van der Waals surface area contributed by atoms with Crippen LogP contribution in [0.25, 0.3) is 16.6 Å². The van der Waals surface area contributed by atoms with E-state index in [1.165, 1.54) is 18.2 Å². The molecule has 0 unspecified atom stereocenters. The maximum Gasteiger partial charge on any atom is 0.266 e. The van der Waals surface area contributed by atoms with Crippen LogP contribution in [0, 0.1) is 13.8 Å². The predicted octanol–water partition coefficient (Wildman–Crippen LogP) is 4.50. The zero-order chi connectivity index (χ0) is 21.3. The van der Waals surface area contributed by atoms with E-state index in [9.17, 15) is 9.59 Å². The van der Waals surface area contributed by atoms with Crippen molar-refractivity contribution in [2.45, 2.75) is 51.2 Å². The number of hydrogen-bond donors (Lipinski definition) is 0. The Balaban J connectivity index is 1.75. The van der Waals surface area contributed by atoms with Crippen LogP contribution in [0.4, 0.5) is 0 Å². The second kappa shape index (κ2) is 8.64. The highest BCUT2D eigenvalue weighted by molar-refractivity contribution is 7.99. The number of piperidine rings is 1. The van der Waals surface area contributed by atoms with E-state index in [2.05, 4.69) is 6.92 Å². The molecule has 0 N–H and O–H groups in total. The fourth-order valence-corrected chi connectivity index (χ4v) is 4.95. The Kier molecular flexibility index (Phi) is 5.95. The summed E-state index contributed by atoms with van der Waals surface area (Å²) in [6.45, 7) is 6.93. The first-order chi connectivity index (χ1) is 14.5. The fourth-order valence-electron chi connectivity index (χ4n) is 4.06. The lowest BCUT2D eigenvalue weighted by atomic mass is 10.0. The van der Waals surface area contributed by atoms with Crippen LogP contribution in [-0.2, 0) is 4.79 Å². The Hall–Kier alpha value is -2.60. The minimum absolute atomic E-state index is 0.101. The summed E-state index contributed by atoms with van der Waals surface area (Å²) in [6, 6.07) is 13.7. The van der Waals surface area contributed by atoms with E-state index in [-0.39, 0.29) is 23.3 Å². The van der Waals surface area contributed by atoms with Crippen LogP contribution in [0.15, 0.2) is 52.4 Å². The maximum absolute atomic E-state index is 13.4. The zero-order valence-electron chi connectivity index (χ0n) is 17.7. The number of carbonyl (C=O) groups is 1. The molecule has 4 rings (SSSR count). The normalized spacial score (nSPS) is 16.8. The molecule has 2 aromatic carbocycles. The zero-order valence-corrected chi connectivity index (χ0v) is 18.5. The van der Waals surface area contributed by atoms with E-state index >= 15 is 0 Å². The molecule has 1 aliphatic heterocycles. The van der Waals surface area contributed by atoms with Crippen LogP contribution in [0.3, 0.4) is 0 Å². The SMILES string of the molecule is Cc1ccc(C)c(-n2c(SCC(=O)N3CCCC[C@H]3C)nc3ccccc3c2=O)c1. The Labute approximate surface area is 181 Å². The second-order valence-corrected chi connectivity index (χ2v) is 9.01. The first kappa shape index (κ1) is 20.7. The summed E-state index contributed by atoms with van der Waals surface area (Å²) >= 11 is 1.35. The van der Waals surface area contributed by atoms with Crippen molar-refractivity contribution < 1.29 is 4.79 Å². The molecule has 30 heavy (non-hydrogen) atoms. The topological polar surface area (TPSA) is 55.2 Å². The lowest BCUT2D eigenvalue weighted by Gasteiger charge is -2.33. The number of aryl methyl sites for hydroxylation is 2. The molecule has 0 spiro atoms. The quantitative estimate of drug-likeness (QED) is 0.460. The Bertz CT molecular complexity index is 1150. The molecule has 6 heteroatoms. The molecule has 1 fully saturated rings. The Morgan fingerprint density at radius 1 is 1.17 bits per heavy atom. The van der Waals surface area contributed by atoms with Gasteiger partial charge in [0.2, 0.25) is 5.91 Å². The molecule has 1 atom stereocenters. The summed E-state index contributed by atoms with van der Waals surface area (Å²) < 4.78 is 1.67. The van der Waals surface area contributed by atoms with E-state index in [4.69, 9.17) is 4.98 Å². The average molecular weight is 422 g/mol. The minimum Gasteiger partial charge on any atom is -0.339 e. The fraction of sp³-hybridized carbons (Fsp3) is 0.375. The number of thioether (sulfide) groups is 1. The molecule has 0 bridgehead atoms. The van der Waals surface area contributed by atoms with Crippen molar-refractivity contribution in [3.63, 3.8) is 0 Å². The van der Waals surface area contributed by atoms with Crippen LogP contribution < -0.4 is 5.56 Å². The summed E-state index contributed by atoms with van der Waals surface area (Å²) in [7, 11) is 0. The number of benzene rings is 2. The first-order valence-corrected chi connectivity index (χ1v) is 11.5. The van der Waals surface area contributed by atoms with E-state index in [0.717, 1.165) is 36.2 Å². The Morgan fingerprint density at radius 2 is 1.97 bits per heavy atom. The number of likely N-dealkylation sites (tertiary alicyclic amines) is 1. The number of fused-ring (bicyclic) bond motifs is 1. The van der Waals surface area contributed by atoms with Gasteiger partial charge in [0, 0.05) is 12.6 Å². The molecule has 1 aliphatic rings. The van der Waals surface area contributed by atoms with Crippen molar-refractivity contribution in [3.8, 4) is 5.69 Å². The molecule has 0 radical (unpaired) electrons. The van der Waals surface area contributed by atoms with Gasteiger partial charge < -0.3 is 4.90 Å². The van der Waals surface area contributed by atoms with Gasteiger partial charge in [0.1, 0.15) is 0 Å². The summed E-state index contributed by atoms with van der Waals surface area (Å²) in [5.41, 5.74) is 3.45. The second-order valence-electron chi connectivity index (χ2n) is 8.06. The van der Waals surface area contributed by atoms with Crippen molar-refractivity contribution in [1.82, 2.24) is 14.5 Å². The van der Waals surface area contributed by atoms with E-state index in [1.54, 1.807) is 10.6 Å². The number of rotatable bonds is 4. The number of hydrogen-bond acceptors (Lipinski definition) is 4. The molecule has 2 heterocycles. The van der Waals surface area contributed by atoms with Crippen LogP contribution in [-0.4, -0.2) is 38.7 Å². The van der Waals surface area contributed by atoms with Gasteiger partial charge in [0.05, 0.1) is 22.3 Å². The highest BCUT2D eigenvalue weighted by Gasteiger charge is 2.24. The molecule has 1 amide bonds. The molecule has 156 valence electrons. The predicted molar refractivity (Wildman–Crippen MR) is 123 cm³/mol. The number of amides is 1. The van der Waals surface area contributed by atoms with Crippen LogP contribution in [0.5, 0.6) is 0 Å². The summed E-state index contributed by atoms with van der Waals surface area (Å²) in [5, 5.41) is 1.14. The van der Waals surface area contributed by atoms with Gasteiger partial charge in [-0.05, 0) is 69.4 Å². The third-order valence-electron chi connectivity index (χ3n) is 5.80. The average Bonchev–Trinajstić information content (AvgIpc) is 2.74. The van der Waals surface area contributed by atoms with Crippen LogP contribution >= 0.6 is 11.8 Å². The van der Waals surface area contributed by atoms with Crippen molar-refractivity contribution in [3.05, 3.63) is 63.9 Å². The standard InChI is InChI=1S/C24H27N3O2S/c1-16-11-12-17(2)21(14-16)27-23(29)19-9-4-5-10-20(19)25-24(27)30-15-22(28)26-13-7-6-8-18(26)3/h4-5,9-12,14,18H,6-8,13,15H2,1-3H3/t18-/m1/s1. The van der Waals surface area contributed by atoms with Crippen molar-refractivity contribution in [2.75, 3.05) is 12.3 Å². The van der Waals surface area contributed by atoms with Crippen molar-refractivity contribution >= 4 is 28.6 Å². The number of carbonyl (C=O) groups excluding carboxylic acids is 1. The summed E-state index contributed by atoms with van der Waals surface area (Å²) in [5.74, 6) is 0.391. The molecule has 0 saturated carbocycles. The first-order valence-electron chi connectivity index (χ1n) is 10.5. The van der Waals surface area contributed by atoms with Gasteiger partial charge >= 0.3 is 0 Å². The number of nitrogens with zero attached hydrogens (tertiary/aromatic N) is 3. The molecule has 3 aromatic rings. The molecule has 1 aromatic heterocycles. The van der Waals surface area contributed by atoms with Gasteiger partial charge in [-0.3, -0.25) is 14.2 Å². The summed E-state index contributed by atoms with van der Waals surface area (Å²) in [4.78, 5) is 33.1. The summed E-state index contributed by atoms with van der Waals surface area (Å²) in [6.07, 6.45) is 3.29. The van der Waals surface area contributed by atoms with Gasteiger partial charge in [0.25, 0.3) is 5.56 Å². The highest BCUT2D eigenvalue weighted by atomic mass is 32.2. The van der Waals surface area contributed by atoms with Gasteiger partial charge in [0.15, 0.2) is 5.16 Å². The van der Waals surface area contributed by atoms with E-state index in [1.807, 2.05) is 55.1 Å². The lowest BCUT2D eigenvalue weighted by molar-refractivity contribution is -0.131. The van der Waals surface area contributed by atoms with Gasteiger partial charge in [-0.2, -0.15) is 0 Å². The van der Waals surface area contributed by atoms with E-state index < -0.39 is 0 Å². The van der Waals surface area contributed by atoms with Crippen LogP contribution in [0.1, 0.15) is 37.3 Å². The largest absolute Gasteiger partial charge is 0.339 e. The van der Waals surface area contributed by atoms with Gasteiger partial charge in [-0.1, -0.05) is 36.0 Å². The maximum atomic E-state index is 13.4. The van der Waals surface area contributed by atoms with Crippen LogP contribution in [0.2, 0.25) is 0 Å². The molecule has 5 nitrogen and oxygen atoms in total. The van der Waals surface area contributed by atoms with Crippen molar-refractivity contribution in [2.24, 2.45) is 0 Å². The third-order valence-corrected chi connectivity index (χ3v) is 6.72. The highest BCUT2D eigenvalue weighted by Crippen LogP contribution is 2.25. The van der Waals surface area contributed by atoms with Crippen molar-refractivity contribution in [1.29, 1.82) is 0 Å². The molecular weight excluding hydrogens is 394 g/mol. The lowest BCUT2D eigenvalue weighted by Crippen LogP contribution is -2.43. The third kappa shape index (κ3) is 4.01. The number of aromatic nitrogens is 2. The molecule has 0 aliphatic carbocycles. The van der Waals surface area contributed by atoms with E-state index in [0.29, 0.717) is 16.1 Å². The smallest absolute Gasteiger partial charge is 0.266 e. The van der Waals surface area contributed by atoms with Gasteiger partial charge in [-0.15, -0.1) is 0 Å². The monoisotopic (exact) mass is 421 g/mol. The number of para-hydroxylation sites is 1. The van der Waals surface area contributed by atoms with Gasteiger partial charge in [-0.25, -0.2) is 4.98 Å². The minimum atomic E-state index is -0.101. The molecule has 1 saturated heterocycles. The Morgan fingerprint density at radius 3 is 2.77 bits per heavy atom. The molecular formula is C24H27N3O2S.